The molecule has 0 aromatic heterocycles. The Labute approximate surface area is 203 Å². The molecule has 8 heteroatoms. The Bertz CT molecular complexity index is 1040. The molecule has 7 nitrogen and oxygen atoms in total. The lowest BCUT2D eigenvalue weighted by atomic mass is 9.98. The Morgan fingerprint density at radius 1 is 1.12 bits per heavy atom. The number of carbonyl (C=O) groups excluding carboxylic acids is 2. The number of nitrogens with zero attached hydrogens (tertiary/aromatic N) is 1. The highest BCUT2D eigenvalue weighted by atomic mass is 32.2. The summed E-state index contributed by atoms with van der Waals surface area (Å²) in [6.45, 7) is 5.40. The van der Waals surface area contributed by atoms with E-state index < -0.39 is 18.1 Å². The van der Waals surface area contributed by atoms with Crippen LogP contribution in [-0.4, -0.2) is 64.2 Å². The van der Waals surface area contributed by atoms with Crippen LogP contribution in [0.3, 0.4) is 0 Å². The molecule has 1 atom stereocenters. The maximum Gasteiger partial charge on any atom is 0.407 e. The van der Waals surface area contributed by atoms with Gasteiger partial charge in [0, 0.05) is 35.9 Å². The van der Waals surface area contributed by atoms with Gasteiger partial charge in [-0.05, 0) is 42.5 Å². The number of ether oxygens (including phenoxy) is 1. The van der Waals surface area contributed by atoms with E-state index in [0.29, 0.717) is 13.1 Å². The van der Waals surface area contributed by atoms with Gasteiger partial charge in [0.15, 0.2) is 0 Å². The molecule has 34 heavy (non-hydrogen) atoms. The number of carboxylic acid groups (broad SMARTS) is 1. The smallest absolute Gasteiger partial charge is 0.407 e. The third-order valence-electron chi connectivity index (χ3n) is 6.32. The maximum atomic E-state index is 13.2. The Kier molecular flexibility index (Phi) is 7.16. The molecule has 2 aromatic carbocycles. The van der Waals surface area contributed by atoms with Crippen molar-refractivity contribution in [3.05, 3.63) is 59.7 Å². The van der Waals surface area contributed by atoms with Crippen LogP contribution in [0.4, 0.5) is 4.79 Å². The molecule has 2 aromatic rings. The predicted octanol–water partition coefficient (Wildman–Crippen LogP) is 4.11. The number of thioether (sulfide) groups is 1. The first-order valence-electron chi connectivity index (χ1n) is 11.5. The van der Waals surface area contributed by atoms with Gasteiger partial charge in [0.25, 0.3) is 0 Å². The molecule has 4 rings (SSSR count). The molecule has 2 N–H and O–H groups in total. The number of fused-ring (bicyclic) bond motifs is 3. The lowest BCUT2D eigenvalue weighted by Crippen LogP contribution is -2.54. The number of aliphatic carboxylic acids is 1. The SMILES string of the molecule is CC1(C)CN(C(=O)C(CCC(=O)O)NC(=O)OCC2c3ccccc3-c3ccccc32)CCS1. The Morgan fingerprint density at radius 3 is 2.32 bits per heavy atom. The fourth-order valence-electron chi connectivity index (χ4n) is 4.73. The second-order valence-corrected chi connectivity index (χ2v) is 11.1. The molecular weight excluding hydrogens is 452 g/mol. The lowest BCUT2D eigenvalue weighted by Gasteiger charge is -2.39. The zero-order valence-corrected chi connectivity index (χ0v) is 20.3. The largest absolute Gasteiger partial charge is 0.481 e. The minimum atomic E-state index is -1.01. The summed E-state index contributed by atoms with van der Waals surface area (Å²) in [7, 11) is 0. The van der Waals surface area contributed by atoms with Gasteiger partial charge in [-0.2, -0.15) is 11.8 Å². The fourth-order valence-corrected chi connectivity index (χ4v) is 5.84. The summed E-state index contributed by atoms with van der Waals surface area (Å²) in [5.41, 5.74) is 4.46. The van der Waals surface area contributed by atoms with Crippen molar-refractivity contribution in [2.45, 2.75) is 43.4 Å². The quantitative estimate of drug-likeness (QED) is 0.617. The second-order valence-electron chi connectivity index (χ2n) is 9.32. The van der Waals surface area contributed by atoms with Gasteiger partial charge in [-0.1, -0.05) is 48.5 Å². The molecular formula is C26H30N2O5S. The van der Waals surface area contributed by atoms with Crippen LogP contribution >= 0.6 is 11.8 Å². The van der Waals surface area contributed by atoms with E-state index in [-0.39, 0.29) is 36.0 Å². The summed E-state index contributed by atoms with van der Waals surface area (Å²) in [5, 5.41) is 11.8. The number of hydrogen-bond donors (Lipinski definition) is 2. The first-order chi connectivity index (χ1) is 16.2. The van der Waals surface area contributed by atoms with Crippen LogP contribution in [0.5, 0.6) is 0 Å². The summed E-state index contributed by atoms with van der Waals surface area (Å²) in [4.78, 5) is 38.8. The molecule has 0 radical (unpaired) electrons. The van der Waals surface area contributed by atoms with E-state index in [1.165, 1.54) is 0 Å². The van der Waals surface area contributed by atoms with Crippen LogP contribution in [0.15, 0.2) is 48.5 Å². The van der Waals surface area contributed by atoms with Crippen molar-refractivity contribution in [2.75, 3.05) is 25.4 Å². The predicted molar refractivity (Wildman–Crippen MR) is 132 cm³/mol. The van der Waals surface area contributed by atoms with E-state index in [2.05, 4.69) is 31.3 Å². The highest BCUT2D eigenvalue weighted by Gasteiger charge is 2.34. The number of carbonyl (C=O) groups is 3. The van der Waals surface area contributed by atoms with Crippen LogP contribution in [-0.2, 0) is 14.3 Å². The number of rotatable bonds is 7. The summed E-state index contributed by atoms with van der Waals surface area (Å²) in [6, 6.07) is 15.2. The Hall–Kier alpha value is -3.00. The van der Waals surface area contributed by atoms with Gasteiger partial charge in [-0.25, -0.2) is 4.79 Å². The van der Waals surface area contributed by atoms with Crippen molar-refractivity contribution in [3.8, 4) is 11.1 Å². The molecule has 1 aliphatic carbocycles. The molecule has 180 valence electrons. The van der Waals surface area contributed by atoms with Crippen LogP contribution < -0.4 is 5.32 Å². The fraction of sp³-hybridized carbons (Fsp3) is 0.423. The summed E-state index contributed by atoms with van der Waals surface area (Å²) < 4.78 is 5.49. The van der Waals surface area contributed by atoms with Crippen molar-refractivity contribution in [1.82, 2.24) is 10.2 Å². The third-order valence-corrected chi connectivity index (χ3v) is 7.62. The minimum Gasteiger partial charge on any atom is -0.481 e. The van der Waals surface area contributed by atoms with Gasteiger partial charge in [0.05, 0.1) is 0 Å². The normalized spacial score (nSPS) is 17.4. The number of benzene rings is 2. The molecule has 1 fully saturated rings. The van der Waals surface area contributed by atoms with Gasteiger partial charge < -0.3 is 20.1 Å². The molecule has 0 saturated carbocycles. The maximum absolute atomic E-state index is 13.2. The second kappa shape index (κ2) is 10.1. The first-order valence-corrected chi connectivity index (χ1v) is 12.5. The summed E-state index contributed by atoms with van der Waals surface area (Å²) >= 11 is 1.80. The van der Waals surface area contributed by atoms with Gasteiger partial charge in [-0.3, -0.25) is 9.59 Å². The average molecular weight is 483 g/mol. The topological polar surface area (TPSA) is 95.9 Å². The van der Waals surface area contributed by atoms with E-state index in [4.69, 9.17) is 9.84 Å². The Balaban J connectivity index is 1.43. The molecule has 2 amide bonds. The molecule has 1 aliphatic heterocycles. The van der Waals surface area contributed by atoms with Crippen molar-refractivity contribution in [3.63, 3.8) is 0 Å². The molecule has 1 saturated heterocycles. The highest BCUT2D eigenvalue weighted by Crippen LogP contribution is 2.44. The van der Waals surface area contributed by atoms with E-state index in [1.54, 1.807) is 16.7 Å². The molecule has 0 bridgehead atoms. The third kappa shape index (κ3) is 5.38. The van der Waals surface area contributed by atoms with Crippen LogP contribution in [0, 0.1) is 0 Å². The van der Waals surface area contributed by atoms with E-state index >= 15 is 0 Å². The van der Waals surface area contributed by atoms with Crippen LogP contribution in [0.25, 0.3) is 11.1 Å². The monoisotopic (exact) mass is 482 g/mol. The first kappa shape index (κ1) is 24.1. The van der Waals surface area contributed by atoms with Crippen molar-refractivity contribution >= 4 is 29.7 Å². The number of amides is 2. The number of carboxylic acids is 1. The van der Waals surface area contributed by atoms with E-state index in [0.717, 1.165) is 28.0 Å². The van der Waals surface area contributed by atoms with Crippen molar-refractivity contribution in [1.29, 1.82) is 0 Å². The van der Waals surface area contributed by atoms with Gasteiger partial charge in [0.2, 0.25) is 5.91 Å². The summed E-state index contributed by atoms with van der Waals surface area (Å²) in [6.07, 6.45) is -0.912. The van der Waals surface area contributed by atoms with Gasteiger partial charge in [0.1, 0.15) is 12.6 Å². The van der Waals surface area contributed by atoms with Crippen molar-refractivity contribution < 1.29 is 24.2 Å². The van der Waals surface area contributed by atoms with Crippen LogP contribution in [0.2, 0.25) is 0 Å². The number of alkyl carbamates (subject to hydrolysis) is 1. The van der Waals surface area contributed by atoms with E-state index in [1.807, 2.05) is 36.4 Å². The highest BCUT2D eigenvalue weighted by molar-refractivity contribution is 8.00. The Morgan fingerprint density at radius 2 is 1.74 bits per heavy atom. The van der Waals surface area contributed by atoms with Gasteiger partial charge in [-0.15, -0.1) is 0 Å². The summed E-state index contributed by atoms with van der Waals surface area (Å²) in [5.74, 6) is -0.564. The van der Waals surface area contributed by atoms with Crippen molar-refractivity contribution in [2.24, 2.45) is 0 Å². The van der Waals surface area contributed by atoms with Gasteiger partial charge >= 0.3 is 12.1 Å². The lowest BCUT2D eigenvalue weighted by molar-refractivity contribution is -0.138. The molecule has 0 spiro atoms. The standard InChI is InChI=1S/C26H30N2O5S/c1-26(2)16-28(13-14-34-26)24(31)22(11-12-23(29)30)27-25(32)33-15-21-19-9-5-3-7-17(19)18-8-4-6-10-20(18)21/h3-10,21-22H,11-16H2,1-2H3,(H,27,32)(H,29,30). The molecule has 2 aliphatic rings. The molecule has 1 unspecified atom stereocenters. The number of hydrogen-bond acceptors (Lipinski definition) is 5. The molecule has 1 heterocycles. The number of nitrogens with one attached hydrogen (secondary N) is 1. The minimum absolute atomic E-state index is 0.0163. The average Bonchev–Trinajstić information content (AvgIpc) is 3.13. The zero-order valence-electron chi connectivity index (χ0n) is 19.5. The van der Waals surface area contributed by atoms with E-state index in [9.17, 15) is 14.4 Å². The zero-order chi connectivity index (χ0) is 24.3. The van der Waals surface area contributed by atoms with Crippen LogP contribution in [0.1, 0.15) is 43.7 Å².